The Kier molecular flexibility index (Phi) is 21.0. The Labute approximate surface area is 52.3 Å². The van der Waals surface area contributed by atoms with E-state index >= 15 is 0 Å². The third-order valence-corrected chi connectivity index (χ3v) is 0.957. The van der Waals surface area contributed by atoms with Crippen LogP contribution in [0.15, 0.2) is 0 Å². The van der Waals surface area contributed by atoms with Gasteiger partial charge in [0.2, 0.25) is 0 Å². The second-order valence-electron chi connectivity index (χ2n) is 1.71. The van der Waals surface area contributed by atoms with Crippen LogP contribution in [-0.4, -0.2) is 0 Å². The van der Waals surface area contributed by atoms with Crippen molar-refractivity contribution >= 4 is 0 Å². The molecule has 0 bridgehead atoms. The molecule has 0 unspecified atom stereocenters. The molecule has 1 heteroatoms. The molecule has 0 aliphatic carbocycles. The molecular weight excluding hydrogens is 98.1 g/mol. The van der Waals surface area contributed by atoms with Crippen LogP contribution < -0.4 is 0 Å². The maximum Gasteiger partial charge on any atom is 0.0462 e. The fourth-order valence-electron chi connectivity index (χ4n) is 0.500. The Morgan fingerprint density at radius 2 is 1.25 bits per heavy atom. The van der Waals surface area contributed by atoms with Gasteiger partial charge in [0.25, 0.3) is 0 Å². The van der Waals surface area contributed by atoms with Gasteiger partial charge in [0.1, 0.15) is 0 Å². The minimum Gasteiger partial charge on any atom is -0.202 e. The van der Waals surface area contributed by atoms with Gasteiger partial charge in [-0.1, -0.05) is 39.5 Å². The molecule has 48 valence electrons. The summed E-state index contributed by atoms with van der Waals surface area (Å²) in [7, 11) is 0. The van der Waals surface area contributed by atoms with Crippen molar-refractivity contribution in [2.45, 2.75) is 39.5 Å². The highest BCUT2D eigenvalue weighted by Gasteiger charge is 1.75. The normalized spacial score (nSPS) is 7.00. The molecule has 0 amide bonds. The second kappa shape index (κ2) is 16.1. The number of nitrogens with zero attached hydrogens (tertiary/aromatic N) is 1. The Balaban J connectivity index is 0. The minimum atomic E-state index is 1.36. The van der Waals surface area contributed by atoms with Gasteiger partial charge in [-0.25, -0.2) is 5.26 Å². The third-order valence-electron chi connectivity index (χ3n) is 0.957. The first kappa shape index (κ1) is 10.5. The molecule has 0 spiro atoms. The maximum absolute atomic E-state index is 6.50. The summed E-state index contributed by atoms with van der Waals surface area (Å²) in [4.78, 5) is 0. The Bertz CT molecular complexity index is 34.9. The van der Waals surface area contributed by atoms with Crippen molar-refractivity contribution in [1.29, 1.82) is 5.26 Å². The lowest BCUT2D eigenvalue weighted by Gasteiger charge is -1.86. The number of rotatable bonds is 3. The van der Waals surface area contributed by atoms with Gasteiger partial charge in [-0.3, -0.25) is 0 Å². The van der Waals surface area contributed by atoms with Crippen molar-refractivity contribution in [3.63, 3.8) is 0 Å². The first-order chi connectivity index (χ1) is 3.91. The summed E-state index contributed by atoms with van der Waals surface area (Å²) in [6.07, 6.45) is 5.54. The summed E-state index contributed by atoms with van der Waals surface area (Å²) < 4.78 is 0. The van der Waals surface area contributed by atoms with Gasteiger partial charge in [0.15, 0.2) is 0 Å². The fraction of sp³-hybridized carbons (Fsp3) is 0.857. The van der Waals surface area contributed by atoms with Crippen LogP contribution in [-0.2, 0) is 0 Å². The summed E-state index contributed by atoms with van der Waals surface area (Å²) >= 11 is 0. The van der Waals surface area contributed by atoms with Gasteiger partial charge in [0.05, 0.1) is 0 Å². The molecule has 0 aromatic heterocycles. The van der Waals surface area contributed by atoms with Crippen molar-refractivity contribution in [2.24, 2.45) is 0 Å². The first-order valence-corrected chi connectivity index (χ1v) is 3.17. The molecule has 0 rings (SSSR count). The summed E-state index contributed by atoms with van der Waals surface area (Å²) in [5.41, 5.74) is 0. The van der Waals surface area contributed by atoms with E-state index in [0.29, 0.717) is 0 Å². The number of nitriles is 1. The topological polar surface area (TPSA) is 23.8 Å². The Morgan fingerprint density at radius 1 is 1.00 bits per heavy atom. The average molecular weight is 113 g/mol. The largest absolute Gasteiger partial charge is 0.202 e. The van der Waals surface area contributed by atoms with Gasteiger partial charge in [-0.15, -0.1) is 0 Å². The molecule has 0 aliphatic heterocycles. The van der Waals surface area contributed by atoms with E-state index in [0.717, 1.165) is 0 Å². The smallest absolute Gasteiger partial charge is 0.0462 e. The highest BCUT2D eigenvalue weighted by Crippen LogP contribution is 1.95. The van der Waals surface area contributed by atoms with E-state index in [1.807, 2.05) is 0 Å². The molecule has 0 fully saturated rings. The van der Waals surface area contributed by atoms with Crippen LogP contribution in [0.25, 0.3) is 0 Å². The predicted molar refractivity (Wildman–Crippen MR) is 36.5 cm³/mol. The van der Waals surface area contributed by atoms with Crippen LogP contribution in [0.5, 0.6) is 0 Å². The van der Waals surface area contributed by atoms with E-state index in [9.17, 15) is 0 Å². The second-order valence-corrected chi connectivity index (χ2v) is 1.71. The molecular formula is C7H15N. The van der Waals surface area contributed by atoms with Crippen LogP contribution in [0.3, 0.4) is 0 Å². The molecule has 0 radical (unpaired) electrons. The maximum atomic E-state index is 6.50. The summed E-state index contributed by atoms with van der Waals surface area (Å²) in [6, 6.07) is 0. The van der Waals surface area contributed by atoms with Crippen LogP contribution in [0, 0.1) is 11.8 Å². The van der Waals surface area contributed by atoms with Crippen molar-refractivity contribution in [3.8, 4) is 6.57 Å². The molecule has 0 N–H and O–H groups in total. The summed E-state index contributed by atoms with van der Waals surface area (Å²) in [5, 5.41) is 6.50. The zero-order chi connectivity index (χ0) is 6.83. The lowest BCUT2D eigenvalue weighted by molar-refractivity contribution is 0.702. The Hall–Kier alpha value is -0.510. The van der Waals surface area contributed by atoms with Crippen molar-refractivity contribution < 1.29 is 0 Å². The molecule has 1 nitrogen and oxygen atoms in total. The SMILES string of the molecule is C#N.CCCCCC. The first-order valence-electron chi connectivity index (χ1n) is 3.17. The average Bonchev–Trinajstić information content (AvgIpc) is 1.88. The van der Waals surface area contributed by atoms with E-state index in [-0.39, 0.29) is 0 Å². The molecule has 0 heterocycles. The van der Waals surface area contributed by atoms with Crippen LogP contribution in [0.2, 0.25) is 0 Å². The highest BCUT2D eigenvalue weighted by atomic mass is 14.2. The molecule has 0 aromatic carbocycles. The molecule has 0 aliphatic rings. The van der Waals surface area contributed by atoms with E-state index in [1.165, 1.54) is 25.7 Å². The van der Waals surface area contributed by atoms with Crippen LogP contribution >= 0.6 is 0 Å². The molecule has 0 atom stereocenters. The van der Waals surface area contributed by atoms with E-state index < -0.39 is 0 Å². The van der Waals surface area contributed by atoms with Gasteiger partial charge in [-0.05, 0) is 0 Å². The van der Waals surface area contributed by atoms with E-state index in [1.54, 1.807) is 0 Å². The molecule has 8 heavy (non-hydrogen) atoms. The van der Waals surface area contributed by atoms with Gasteiger partial charge in [-0.2, -0.15) is 0 Å². The van der Waals surface area contributed by atoms with Crippen molar-refractivity contribution in [2.75, 3.05) is 0 Å². The number of hydrogen-bond acceptors (Lipinski definition) is 1. The lowest BCUT2D eigenvalue weighted by Crippen LogP contribution is -1.66. The monoisotopic (exact) mass is 113 g/mol. The lowest BCUT2D eigenvalue weighted by atomic mass is 10.2. The number of hydrogen-bond donors (Lipinski definition) is 0. The molecule has 0 saturated carbocycles. The van der Waals surface area contributed by atoms with Gasteiger partial charge in [0, 0.05) is 6.57 Å². The van der Waals surface area contributed by atoms with Gasteiger partial charge < -0.3 is 0 Å². The zero-order valence-electron chi connectivity index (χ0n) is 5.85. The molecule has 0 saturated heterocycles. The summed E-state index contributed by atoms with van der Waals surface area (Å²) in [6.45, 7) is 7.96. The van der Waals surface area contributed by atoms with E-state index in [4.69, 9.17) is 5.26 Å². The van der Waals surface area contributed by atoms with Crippen molar-refractivity contribution in [1.82, 2.24) is 0 Å². The van der Waals surface area contributed by atoms with Crippen molar-refractivity contribution in [3.05, 3.63) is 0 Å². The van der Waals surface area contributed by atoms with E-state index in [2.05, 4.69) is 20.4 Å². The predicted octanol–water partition coefficient (Wildman–Crippen LogP) is 2.73. The highest BCUT2D eigenvalue weighted by molar-refractivity contribution is 4.31. The quantitative estimate of drug-likeness (QED) is 0.516. The zero-order valence-corrected chi connectivity index (χ0v) is 5.85. The fourth-order valence-corrected chi connectivity index (χ4v) is 0.500. The van der Waals surface area contributed by atoms with Gasteiger partial charge >= 0.3 is 0 Å². The summed E-state index contributed by atoms with van der Waals surface area (Å²) in [5.74, 6) is 0. The molecule has 0 aromatic rings. The standard InChI is InChI=1S/C6H14.CHN/c1-3-5-6-4-2;1-2/h3-6H2,1-2H3;1H. The number of unbranched alkanes of at least 4 members (excludes halogenated alkanes) is 3. The third kappa shape index (κ3) is 17.9. The van der Waals surface area contributed by atoms with Crippen LogP contribution in [0.4, 0.5) is 0 Å². The Morgan fingerprint density at radius 3 is 1.38 bits per heavy atom. The van der Waals surface area contributed by atoms with Crippen LogP contribution in [0.1, 0.15) is 39.5 Å². The minimum absolute atomic E-state index is 1.36.